The molecular weight excluding hydrogens is 300 g/mol. The van der Waals surface area contributed by atoms with E-state index in [1.165, 1.54) is 13.8 Å². The first-order valence-corrected chi connectivity index (χ1v) is 7.63. The minimum absolute atomic E-state index is 0.0982. The first-order chi connectivity index (χ1) is 9.49. The van der Waals surface area contributed by atoms with Crippen LogP contribution >= 0.6 is 0 Å². The van der Waals surface area contributed by atoms with Crippen LogP contribution in [0.4, 0.5) is 5.69 Å². The molecule has 0 atom stereocenters. The maximum Gasteiger partial charge on any atom is 0.312 e. The average molecular weight is 318 g/mol. The van der Waals surface area contributed by atoms with Gasteiger partial charge in [-0.2, -0.15) is 4.31 Å². The molecule has 0 spiro atoms. The fourth-order valence-electron chi connectivity index (χ4n) is 1.76. The van der Waals surface area contributed by atoms with Crippen LogP contribution in [0.5, 0.6) is 5.75 Å². The maximum atomic E-state index is 12.4. The maximum absolute atomic E-state index is 12.4. The van der Waals surface area contributed by atoms with Crippen LogP contribution < -0.4 is 0 Å². The number of nitrogens with zero attached hydrogens (tertiary/aromatic N) is 2. The molecule has 118 valence electrons. The fourth-order valence-corrected chi connectivity index (χ4v) is 3.38. The van der Waals surface area contributed by atoms with Crippen molar-refractivity contribution in [1.29, 1.82) is 0 Å². The van der Waals surface area contributed by atoms with E-state index in [-0.39, 0.29) is 18.0 Å². The summed E-state index contributed by atoms with van der Waals surface area (Å²) >= 11 is 0. The van der Waals surface area contributed by atoms with E-state index in [1.807, 2.05) is 0 Å². The van der Waals surface area contributed by atoms with Crippen molar-refractivity contribution in [3.05, 3.63) is 28.3 Å². The third kappa shape index (κ3) is 4.13. The van der Waals surface area contributed by atoms with Gasteiger partial charge >= 0.3 is 5.69 Å². The van der Waals surface area contributed by atoms with E-state index in [9.17, 15) is 28.7 Å². The molecule has 1 rings (SSSR count). The van der Waals surface area contributed by atoms with Crippen LogP contribution in [0, 0.1) is 10.1 Å². The second-order valence-corrected chi connectivity index (χ2v) is 7.09. The molecule has 0 aromatic heterocycles. The van der Waals surface area contributed by atoms with Crippen LogP contribution in [-0.4, -0.2) is 46.5 Å². The lowest BCUT2D eigenvalue weighted by Crippen LogP contribution is -2.42. The third-order valence-corrected chi connectivity index (χ3v) is 4.61. The summed E-state index contributed by atoms with van der Waals surface area (Å²) in [6.07, 6.45) is 0. The number of aliphatic hydroxyl groups is 1. The predicted molar refractivity (Wildman–Crippen MR) is 75.5 cm³/mol. The second kappa shape index (κ2) is 5.96. The minimum atomic E-state index is -4.00. The molecular formula is C12H18N2O6S. The Labute approximate surface area is 122 Å². The summed E-state index contributed by atoms with van der Waals surface area (Å²) in [5, 5.41) is 29.9. The number of likely N-dealkylation sites (N-methyl/N-ethyl adjacent to an activating group) is 1. The molecule has 0 unspecified atom stereocenters. The Kier molecular flexibility index (Phi) is 4.92. The van der Waals surface area contributed by atoms with Gasteiger partial charge in [-0.15, -0.1) is 0 Å². The minimum Gasteiger partial charge on any atom is -0.502 e. The van der Waals surface area contributed by atoms with E-state index in [4.69, 9.17) is 0 Å². The van der Waals surface area contributed by atoms with E-state index < -0.39 is 32.0 Å². The van der Waals surface area contributed by atoms with E-state index in [2.05, 4.69) is 0 Å². The van der Waals surface area contributed by atoms with Crippen molar-refractivity contribution < 1.29 is 23.6 Å². The molecule has 21 heavy (non-hydrogen) atoms. The molecule has 9 heteroatoms. The molecule has 8 nitrogen and oxygen atoms in total. The van der Waals surface area contributed by atoms with Gasteiger partial charge in [0.2, 0.25) is 10.0 Å². The molecule has 1 aromatic carbocycles. The van der Waals surface area contributed by atoms with Gasteiger partial charge in [0.25, 0.3) is 0 Å². The normalized spacial score (nSPS) is 12.6. The van der Waals surface area contributed by atoms with Gasteiger partial charge in [-0.25, -0.2) is 8.42 Å². The number of rotatable bonds is 6. The molecule has 0 aliphatic heterocycles. The first kappa shape index (κ1) is 17.3. The van der Waals surface area contributed by atoms with Crippen molar-refractivity contribution in [1.82, 2.24) is 4.31 Å². The summed E-state index contributed by atoms with van der Waals surface area (Å²) in [6.45, 7) is 4.47. The Balaban J connectivity index is 3.29. The van der Waals surface area contributed by atoms with Gasteiger partial charge < -0.3 is 10.2 Å². The largest absolute Gasteiger partial charge is 0.502 e. The van der Waals surface area contributed by atoms with Crippen molar-refractivity contribution in [2.24, 2.45) is 0 Å². The molecule has 0 amide bonds. The van der Waals surface area contributed by atoms with E-state index >= 15 is 0 Å². The molecule has 0 heterocycles. The lowest BCUT2D eigenvalue weighted by molar-refractivity contribution is -0.386. The van der Waals surface area contributed by atoms with Crippen molar-refractivity contribution in [3.8, 4) is 5.75 Å². The highest BCUT2D eigenvalue weighted by Gasteiger charge is 2.30. The summed E-state index contributed by atoms with van der Waals surface area (Å²) < 4.78 is 25.9. The topological polar surface area (TPSA) is 121 Å². The zero-order valence-electron chi connectivity index (χ0n) is 12.0. The van der Waals surface area contributed by atoms with Crippen molar-refractivity contribution in [2.75, 3.05) is 13.1 Å². The summed E-state index contributed by atoms with van der Waals surface area (Å²) in [5.41, 5.74) is -1.93. The Morgan fingerprint density at radius 1 is 1.38 bits per heavy atom. The number of aromatic hydroxyl groups is 1. The molecule has 0 saturated heterocycles. The number of phenols is 1. The van der Waals surface area contributed by atoms with Gasteiger partial charge in [-0.05, 0) is 26.0 Å². The number of phenolic OH excluding ortho intramolecular Hbond substituents is 1. The van der Waals surface area contributed by atoms with Crippen LogP contribution in [0.15, 0.2) is 23.1 Å². The van der Waals surface area contributed by atoms with Crippen molar-refractivity contribution in [3.63, 3.8) is 0 Å². The van der Waals surface area contributed by atoms with E-state index in [0.29, 0.717) is 0 Å². The standard InChI is InChI=1S/C12H18N2O6S/c1-4-13(8-12(2,3)16)21(19,20)9-5-6-11(15)10(7-9)14(17)18/h5-7,15-16H,4,8H2,1-3H3. The molecule has 0 aliphatic rings. The van der Waals surface area contributed by atoms with Gasteiger partial charge in [-0.3, -0.25) is 10.1 Å². The van der Waals surface area contributed by atoms with Crippen LogP contribution in [0.3, 0.4) is 0 Å². The highest BCUT2D eigenvalue weighted by atomic mass is 32.2. The first-order valence-electron chi connectivity index (χ1n) is 6.19. The lowest BCUT2D eigenvalue weighted by atomic mass is 10.1. The molecule has 0 radical (unpaired) electrons. The van der Waals surface area contributed by atoms with Crippen molar-refractivity contribution in [2.45, 2.75) is 31.3 Å². The van der Waals surface area contributed by atoms with Crippen LogP contribution in [0.1, 0.15) is 20.8 Å². The average Bonchev–Trinajstić information content (AvgIpc) is 2.34. The summed E-state index contributed by atoms with van der Waals surface area (Å²) in [5.74, 6) is -0.607. The van der Waals surface area contributed by atoms with Gasteiger partial charge in [0.1, 0.15) is 0 Å². The summed E-state index contributed by atoms with van der Waals surface area (Å²) in [6, 6.07) is 2.85. The summed E-state index contributed by atoms with van der Waals surface area (Å²) in [7, 11) is -4.00. The van der Waals surface area contributed by atoms with Crippen LogP contribution in [0.25, 0.3) is 0 Å². The zero-order valence-corrected chi connectivity index (χ0v) is 12.8. The molecule has 0 bridgehead atoms. The van der Waals surface area contributed by atoms with E-state index in [1.54, 1.807) is 6.92 Å². The molecule has 2 N–H and O–H groups in total. The molecule has 0 saturated carbocycles. The number of hydrogen-bond acceptors (Lipinski definition) is 6. The monoisotopic (exact) mass is 318 g/mol. The second-order valence-electron chi connectivity index (χ2n) is 5.15. The Morgan fingerprint density at radius 2 is 1.95 bits per heavy atom. The predicted octanol–water partition coefficient (Wildman–Crippen LogP) is 1.08. The van der Waals surface area contributed by atoms with E-state index in [0.717, 1.165) is 22.5 Å². The number of nitro benzene ring substituents is 1. The Morgan fingerprint density at radius 3 is 2.38 bits per heavy atom. The number of sulfonamides is 1. The molecule has 0 aliphatic carbocycles. The number of nitro groups is 1. The molecule has 0 fully saturated rings. The highest BCUT2D eigenvalue weighted by Crippen LogP contribution is 2.29. The van der Waals surface area contributed by atoms with Crippen LogP contribution in [-0.2, 0) is 10.0 Å². The zero-order chi connectivity index (χ0) is 16.4. The van der Waals surface area contributed by atoms with Gasteiger partial charge in [0.05, 0.1) is 15.4 Å². The Hall–Kier alpha value is -1.71. The van der Waals surface area contributed by atoms with Crippen LogP contribution in [0.2, 0.25) is 0 Å². The number of benzene rings is 1. The Bertz CT molecular complexity index is 636. The quantitative estimate of drug-likeness (QED) is 0.598. The van der Waals surface area contributed by atoms with Gasteiger partial charge in [-0.1, -0.05) is 6.92 Å². The highest BCUT2D eigenvalue weighted by molar-refractivity contribution is 7.89. The van der Waals surface area contributed by atoms with Gasteiger partial charge in [0, 0.05) is 19.2 Å². The molecule has 1 aromatic rings. The van der Waals surface area contributed by atoms with Crippen molar-refractivity contribution >= 4 is 15.7 Å². The number of hydrogen-bond donors (Lipinski definition) is 2. The SMILES string of the molecule is CCN(CC(C)(C)O)S(=O)(=O)c1ccc(O)c([N+](=O)[O-])c1. The summed E-state index contributed by atoms with van der Waals surface area (Å²) in [4.78, 5) is 9.60. The lowest BCUT2D eigenvalue weighted by Gasteiger charge is -2.27. The third-order valence-electron chi connectivity index (χ3n) is 2.70. The van der Waals surface area contributed by atoms with Gasteiger partial charge in [0.15, 0.2) is 5.75 Å². The smallest absolute Gasteiger partial charge is 0.312 e. The fraction of sp³-hybridized carbons (Fsp3) is 0.500.